The minimum absolute atomic E-state index is 0. The van der Waals surface area contributed by atoms with Crippen LogP contribution in [0.5, 0.6) is 0 Å². The molecule has 1 N–H and O–H groups in total. The molecule has 0 heterocycles. The predicted octanol–water partition coefficient (Wildman–Crippen LogP) is 4.77. The van der Waals surface area contributed by atoms with Gasteiger partial charge in [-0.25, -0.2) is 4.39 Å². The van der Waals surface area contributed by atoms with E-state index in [2.05, 4.69) is 12.2 Å². The highest BCUT2D eigenvalue weighted by Gasteiger charge is 2.04. The number of rotatable bonds is 11. The highest BCUT2D eigenvalue weighted by molar-refractivity contribution is 5.96. The van der Waals surface area contributed by atoms with Gasteiger partial charge in [-0.3, -0.25) is 4.79 Å². The molecule has 1 aromatic rings. The van der Waals surface area contributed by atoms with Crippen molar-refractivity contribution in [2.24, 2.45) is 0 Å². The first-order valence-corrected chi connectivity index (χ1v) is 7.73. The van der Waals surface area contributed by atoms with Crippen molar-refractivity contribution in [1.82, 2.24) is 5.32 Å². The van der Waals surface area contributed by atoms with E-state index in [0.29, 0.717) is 18.5 Å². The van der Waals surface area contributed by atoms with Crippen molar-refractivity contribution >= 4 is 18.2 Å². The Morgan fingerprint density at radius 2 is 1.62 bits per heavy atom. The molecule has 21 heavy (non-hydrogen) atoms. The Bertz CT molecular complexity index is 381. The van der Waals surface area contributed by atoms with E-state index in [1.54, 1.807) is 12.1 Å². The third-order valence-corrected chi connectivity index (χ3v) is 3.40. The van der Waals surface area contributed by atoms with E-state index in [4.69, 9.17) is 0 Å². The molecule has 0 saturated heterocycles. The van der Waals surface area contributed by atoms with E-state index in [9.17, 15) is 9.18 Å². The van der Waals surface area contributed by atoms with E-state index in [1.807, 2.05) is 0 Å². The van der Waals surface area contributed by atoms with Gasteiger partial charge < -0.3 is 5.32 Å². The van der Waals surface area contributed by atoms with Crippen LogP contribution < -0.4 is 5.32 Å². The van der Waals surface area contributed by atoms with Crippen molar-refractivity contribution in [3.8, 4) is 0 Å². The number of carbonyl (C=O) groups excluding carboxylic acids is 1. The summed E-state index contributed by atoms with van der Waals surface area (Å²) in [7, 11) is 0. The topological polar surface area (TPSA) is 29.1 Å². The highest BCUT2D eigenvalue weighted by atomic mass is 35.5. The van der Waals surface area contributed by atoms with Gasteiger partial charge in [0, 0.05) is 18.5 Å². The van der Waals surface area contributed by atoms with E-state index in [1.165, 1.54) is 50.7 Å². The molecule has 0 fully saturated rings. The number of unbranched alkanes of at least 4 members (excludes halogenated alkanes) is 5. The van der Waals surface area contributed by atoms with Gasteiger partial charge in [0.05, 0.1) is 0 Å². The van der Waals surface area contributed by atoms with Crippen molar-refractivity contribution < 1.29 is 9.18 Å². The predicted molar refractivity (Wildman–Crippen MR) is 88.8 cm³/mol. The van der Waals surface area contributed by atoms with Crippen molar-refractivity contribution in [3.05, 3.63) is 35.6 Å². The molecule has 0 aliphatic heterocycles. The lowest BCUT2D eigenvalue weighted by Crippen LogP contribution is -2.19. The fourth-order valence-electron chi connectivity index (χ4n) is 2.14. The largest absolute Gasteiger partial charge is 0.316 e. The monoisotopic (exact) mass is 315 g/mol. The van der Waals surface area contributed by atoms with Crippen LogP contribution in [0.25, 0.3) is 0 Å². The summed E-state index contributed by atoms with van der Waals surface area (Å²) in [6, 6.07) is 5.75. The minimum Gasteiger partial charge on any atom is -0.316 e. The van der Waals surface area contributed by atoms with Gasteiger partial charge in [-0.2, -0.15) is 0 Å². The van der Waals surface area contributed by atoms with Crippen LogP contribution in [0.15, 0.2) is 24.3 Å². The van der Waals surface area contributed by atoms with Crippen molar-refractivity contribution in [2.75, 3.05) is 13.1 Å². The Kier molecular flexibility index (Phi) is 12.2. The van der Waals surface area contributed by atoms with Crippen molar-refractivity contribution in [1.29, 1.82) is 0 Å². The van der Waals surface area contributed by atoms with E-state index >= 15 is 0 Å². The molecule has 0 bridgehead atoms. The molecule has 1 rings (SSSR count). The van der Waals surface area contributed by atoms with Crippen molar-refractivity contribution in [2.45, 2.75) is 51.9 Å². The molecular weight excluding hydrogens is 289 g/mol. The maximum absolute atomic E-state index is 12.7. The van der Waals surface area contributed by atoms with E-state index in [-0.39, 0.29) is 24.0 Å². The number of ketones is 1. The number of benzene rings is 1. The summed E-state index contributed by atoms with van der Waals surface area (Å²) < 4.78 is 12.7. The molecule has 0 spiro atoms. The number of hydrogen-bond acceptors (Lipinski definition) is 2. The molecule has 0 aromatic heterocycles. The van der Waals surface area contributed by atoms with Crippen LogP contribution in [-0.2, 0) is 0 Å². The Morgan fingerprint density at radius 1 is 1.00 bits per heavy atom. The summed E-state index contributed by atoms with van der Waals surface area (Å²) in [5, 5.41) is 3.29. The molecule has 4 heteroatoms. The van der Waals surface area contributed by atoms with Gasteiger partial charge in [-0.1, -0.05) is 39.0 Å². The normalized spacial score (nSPS) is 10.2. The van der Waals surface area contributed by atoms with Crippen molar-refractivity contribution in [3.63, 3.8) is 0 Å². The zero-order valence-electron chi connectivity index (χ0n) is 12.9. The second-order valence-corrected chi connectivity index (χ2v) is 5.20. The molecule has 0 radical (unpaired) electrons. The lowest BCUT2D eigenvalue weighted by molar-refractivity contribution is 0.0982. The van der Waals surface area contributed by atoms with E-state index in [0.717, 1.165) is 6.54 Å². The molecule has 1 aromatic carbocycles. The van der Waals surface area contributed by atoms with Crippen LogP contribution in [0.3, 0.4) is 0 Å². The number of nitrogens with one attached hydrogen (secondary N) is 1. The number of carbonyl (C=O) groups is 1. The number of Topliss-reactive ketones (excluding diaryl/α,β-unsaturated/α-hetero) is 1. The summed E-state index contributed by atoms with van der Waals surface area (Å²) in [4.78, 5) is 11.8. The summed E-state index contributed by atoms with van der Waals surface area (Å²) in [6.45, 7) is 3.90. The fraction of sp³-hybridized carbons (Fsp3) is 0.588. The molecule has 120 valence electrons. The zero-order chi connectivity index (χ0) is 14.6. The Hall–Kier alpha value is -0.930. The van der Waals surface area contributed by atoms with Crippen LogP contribution in [0.1, 0.15) is 62.2 Å². The number of halogens is 2. The van der Waals surface area contributed by atoms with Gasteiger partial charge in [0.15, 0.2) is 5.78 Å². The molecule has 0 aliphatic rings. The molecular formula is C17H27ClFNO. The van der Waals surface area contributed by atoms with Gasteiger partial charge >= 0.3 is 0 Å². The van der Waals surface area contributed by atoms with Gasteiger partial charge in [0.25, 0.3) is 0 Å². The smallest absolute Gasteiger partial charge is 0.164 e. The Morgan fingerprint density at radius 3 is 2.29 bits per heavy atom. The molecule has 0 saturated carbocycles. The Labute approximate surface area is 133 Å². The second-order valence-electron chi connectivity index (χ2n) is 5.20. The summed E-state index contributed by atoms with van der Waals surface area (Å²) in [6.07, 6.45) is 8.17. The first-order chi connectivity index (χ1) is 9.74. The first kappa shape index (κ1) is 20.1. The van der Waals surface area contributed by atoms with Gasteiger partial charge in [0.1, 0.15) is 5.82 Å². The number of hydrogen-bond donors (Lipinski definition) is 1. The second kappa shape index (κ2) is 12.8. The third-order valence-electron chi connectivity index (χ3n) is 3.40. The van der Waals surface area contributed by atoms with E-state index < -0.39 is 0 Å². The first-order valence-electron chi connectivity index (χ1n) is 7.73. The van der Waals surface area contributed by atoms with Crippen LogP contribution in [0.2, 0.25) is 0 Å². The van der Waals surface area contributed by atoms with Crippen LogP contribution in [0, 0.1) is 5.82 Å². The molecule has 0 unspecified atom stereocenters. The minimum atomic E-state index is -0.303. The van der Waals surface area contributed by atoms with Crippen LogP contribution >= 0.6 is 12.4 Å². The average molecular weight is 316 g/mol. The van der Waals surface area contributed by atoms with Gasteiger partial charge in [-0.15, -0.1) is 12.4 Å². The average Bonchev–Trinajstić information content (AvgIpc) is 2.46. The summed E-state index contributed by atoms with van der Waals surface area (Å²) in [5.74, 6) is -0.233. The maximum Gasteiger partial charge on any atom is 0.164 e. The lowest BCUT2D eigenvalue weighted by atomic mass is 10.1. The third kappa shape index (κ3) is 9.59. The van der Waals surface area contributed by atoms with Crippen LogP contribution in [-0.4, -0.2) is 18.9 Å². The van der Waals surface area contributed by atoms with Crippen LogP contribution in [0.4, 0.5) is 4.39 Å². The summed E-state index contributed by atoms with van der Waals surface area (Å²) >= 11 is 0. The Balaban J connectivity index is 0.00000400. The molecule has 0 aliphatic carbocycles. The summed E-state index contributed by atoms with van der Waals surface area (Å²) in [5.41, 5.74) is 0.591. The highest BCUT2D eigenvalue weighted by Crippen LogP contribution is 2.06. The van der Waals surface area contributed by atoms with Gasteiger partial charge in [0.2, 0.25) is 0 Å². The quantitative estimate of drug-likeness (QED) is 0.471. The fourth-order valence-corrected chi connectivity index (χ4v) is 2.14. The zero-order valence-corrected chi connectivity index (χ0v) is 13.7. The molecule has 2 nitrogen and oxygen atoms in total. The van der Waals surface area contributed by atoms with Gasteiger partial charge in [-0.05, 0) is 37.2 Å². The maximum atomic E-state index is 12.7. The SMILES string of the molecule is CCCCCCCCNCCC(=O)c1ccc(F)cc1.Cl. The molecule has 0 amide bonds. The lowest BCUT2D eigenvalue weighted by Gasteiger charge is -2.05. The standard InChI is InChI=1S/C17H26FNO.ClH/c1-2-3-4-5-6-7-13-19-14-12-17(20)15-8-10-16(18)11-9-15;/h8-11,19H,2-7,12-14H2,1H3;1H. The molecule has 0 atom stereocenters.